The fraction of sp³-hybridized carbons (Fsp3) is 0.625. The van der Waals surface area contributed by atoms with Crippen LogP contribution in [0, 0.1) is 0 Å². The van der Waals surface area contributed by atoms with Crippen LogP contribution >= 0.6 is 15.9 Å². The third kappa shape index (κ3) is 4.55. The first-order valence-electron chi connectivity index (χ1n) is 7.56. The molecule has 0 aliphatic heterocycles. The molecule has 20 heavy (non-hydrogen) atoms. The molecule has 0 spiro atoms. The average molecular weight is 341 g/mol. The minimum atomic E-state index is 0.0747. The van der Waals surface area contributed by atoms with E-state index in [4.69, 9.17) is 5.73 Å². The zero-order chi connectivity index (χ0) is 14.4. The lowest BCUT2D eigenvalue weighted by Crippen LogP contribution is -2.37. The number of hydrogen-bond acceptors (Lipinski definition) is 3. The molecule has 2 rings (SSSR count). The Labute approximate surface area is 130 Å². The predicted molar refractivity (Wildman–Crippen MR) is 86.6 cm³/mol. The third-order valence-corrected chi connectivity index (χ3v) is 4.78. The highest BCUT2D eigenvalue weighted by Gasteiger charge is 2.22. The molecule has 0 bridgehead atoms. The minimum absolute atomic E-state index is 0.0747. The largest absolute Gasteiger partial charge is 0.395 e. The lowest BCUT2D eigenvalue weighted by molar-refractivity contribution is 0.147. The van der Waals surface area contributed by atoms with Gasteiger partial charge in [0.15, 0.2) is 0 Å². The van der Waals surface area contributed by atoms with Crippen molar-refractivity contribution in [2.75, 3.05) is 19.7 Å². The maximum atomic E-state index is 9.23. The van der Waals surface area contributed by atoms with Crippen LogP contribution in [0.15, 0.2) is 28.7 Å². The molecular weight excluding hydrogens is 316 g/mol. The number of aliphatic hydroxyl groups is 1. The Kier molecular flexibility index (Phi) is 6.49. The van der Waals surface area contributed by atoms with E-state index in [1.807, 2.05) is 12.1 Å². The Hall–Kier alpha value is -0.420. The second-order valence-corrected chi connectivity index (χ2v) is 6.56. The average Bonchev–Trinajstić information content (AvgIpc) is 2.98. The second-order valence-electron chi connectivity index (χ2n) is 5.64. The van der Waals surface area contributed by atoms with Crippen molar-refractivity contribution in [3.05, 3.63) is 34.3 Å². The molecule has 1 aliphatic carbocycles. The molecule has 3 nitrogen and oxygen atoms in total. The first kappa shape index (κ1) is 16.0. The molecule has 1 saturated carbocycles. The summed E-state index contributed by atoms with van der Waals surface area (Å²) < 4.78 is 1.08. The number of halogens is 1. The van der Waals surface area contributed by atoms with E-state index in [2.05, 4.69) is 33.0 Å². The van der Waals surface area contributed by atoms with E-state index < -0.39 is 0 Å². The maximum Gasteiger partial charge on any atom is 0.0558 e. The van der Waals surface area contributed by atoms with Gasteiger partial charge in [-0.05, 0) is 37.0 Å². The van der Waals surface area contributed by atoms with Gasteiger partial charge in [0.2, 0.25) is 0 Å². The summed E-state index contributed by atoms with van der Waals surface area (Å²) in [6, 6.07) is 8.97. The SMILES string of the molecule is NC(CCN(CCO)C1CCCC1)c1ccc(Br)cc1. The van der Waals surface area contributed by atoms with Crippen LogP contribution in [0.25, 0.3) is 0 Å². The Morgan fingerprint density at radius 1 is 1.20 bits per heavy atom. The lowest BCUT2D eigenvalue weighted by atomic mass is 10.0. The van der Waals surface area contributed by atoms with E-state index in [9.17, 15) is 5.11 Å². The molecule has 1 atom stereocenters. The van der Waals surface area contributed by atoms with E-state index in [0.717, 1.165) is 24.0 Å². The van der Waals surface area contributed by atoms with Crippen LogP contribution in [-0.2, 0) is 0 Å². The standard InChI is InChI=1S/C16H25BrN2O/c17-14-7-5-13(6-8-14)16(18)9-10-19(11-12-20)15-3-1-2-4-15/h5-8,15-16,20H,1-4,9-12,18H2. The highest BCUT2D eigenvalue weighted by molar-refractivity contribution is 9.10. The maximum absolute atomic E-state index is 9.23. The van der Waals surface area contributed by atoms with Crippen molar-refractivity contribution in [2.45, 2.75) is 44.2 Å². The van der Waals surface area contributed by atoms with Gasteiger partial charge in [0.1, 0.15) is 0 Å². The second kappa shape index (κ2) is 8.13. The van der Waals surface area contributed by atoms with Crippen molar-refractivity contribution in [1.29, 1.82) is 0 Å². The van der Waals surface area contributed by atoms with E-state index in [-0.39, 0.29) is 12.6 Å². The zero-order valence-corrected chi connectivity index (χ0v) is 13.6. The Bertz CT molecular complexity index is 390. The number of nitrogens with zero attached hydrogens (tertiary/aromatic N) is 1. The van der Waals surface area contributed by atoms with E-state index in [1.54, 1.807) is 0 Å². The Morgan fingerprint density at radius 3 is 2.45 bits per heavy atom. The lowest BCUT2D eigenvalue weighted by Gasteiger charge is -2.29. The molecule has 0 radical (unpaired) electrons. The van der Waals surface area contributed by atoms with Gasteiger partial charge in [0.05, 0.1) is 6.61 Å². The highest BCUT2D eigenvalue weighted by atomic mass is 79.9. The van der Waals surface area contributed by atoms with Gasteiger partial charge in [-0.25, -0.2) is 0 Å². The summed E-state index contributed by atoms with van der Waals surface area (Å²) in [5.74, 6) is 0. The van der Waals surface area contributed by atoms with E-state index >= 15 is 0 Å². The number of rotatable bonds is 7. The predicted octanol–water partition coefficient (Wildman–Crippen LogP) is 3.08. The number of hydrogen-bond donors (Lipinski definition) is 2. The van der Waals surface area contributed by atoms with Crippen LogP contribution in [0.3, 0.4) is 0 Å². The zero-order valence-electron chi connectivity index (χ0n) is 12.0. The van der Waals surface area contributed by atoms with Gasteiger partial charge in [-0.3, -0.25) is 4.90 Å². The van der Waals surface area contributed by atoms with Crippen LogP contribution in [0.1, 0.15) is 43.7 Å². The van der Waals surface area contributed by atoms with Gasteiger partial charge in [0, 0.05) is 29.6 Å². The Morgan fingerprint density at radius 2 is 1.85 bits per heavy atom. The molecule has 1 fully saturated rings. The van der Waals surface area contributed by atoms with Crippen molar-refractivity contribution < 1.29 is 5.11 Å². The summed E-state index contributed by atoms with van der Waals surface area (Å²) in [6.07, 6.45) is 6.13. The monoisotopic (exact) mass is 340 g/mol. The van der Waals surface area contributed by atoms with Gasteiger partial charge in [0.25, 0.3) is 0 Å². The van der Waals surface area contributed by atoms with Crippen molar-refractivity contribution in [3.63, 3.8) is 0 Å². The summed E-state index contributed by atoms with van der Waals surface area (Å²) in [4.78, 5) is 2.42. The molecule has 1 aromatic rings. The summed E-state index contributed by atoms with van der Waals surface area (Å²) in [7, 11) is 0. The number of aliphatic hydroxyl groups excluding tert-OH is 1. The van der Waals surface area contributed by atoms with Crippen LogP contribution in [0.5, 0.6) is 0 Å². The molecule has 1 aromatic carbocycles. The van der Waals surface area contributed by atoms with Gasteiger partial charge < -0.3 is 10.8 Å². The van der Waals surface area contributed by atoms with Crippen LogP contribution in [0.2, 0.25) is 0 Å². The fourth-order valence-corrected chi connectivity index (χ4v) is 3.32. The molecular formula is C16H25BrN2O. The van der Waals surface area contributed by atoms with Crippen molar-refractivity contribution >= 4 is 15.9 Å². The van der Waals surface area contributed by atoms with Gasteiger partial charge in [-0.15, -0.1) is 0 Å². The van der Waals surface area contributed by atoms with Gasteiger partial charge >= 0.3 is 0 Å². The molecule has 0 heterocycles. The first-order valence-corrected chi connectivity index (χ1v) is 8.36. The van der Waals surface area contributed by atoms with Gasteiger partial charge in [-0.2, -0.15) is 0 Å². The van der Waals surface area contributed by atoms with Gasteiger partial charge in [-0.1, -0.05) is 40.9 Å². The van der Waals surface area contributed by atoms with E-state index in [0.29, 0.717) is 6.04 Å². The summed E-state index contributed by atoms with van der Waals surface area (Å²) in [5, 5.41) is 9.23. The molecule has 3 N–H and O–H groups in total. The van der Waals surface area contributed by atoms with E-state index in [1.165, 1.54) is 31.2 Å². The summed E-state index contributed by atoms with van der Waals surface area (Å²) in [5.41, 5.74) is 7.47. The normalized spacial score (nSPS) is 17.8. The highest BCUT2D eigenvalue weighted by Crippen LogP contribution is 2.25. The molecule has 0 saturated heterocycles. The topological polar surface area (TPSA) is 49.5 Å². The van der Waals surface area contributed by atoms with Crippen LogP contribution in [0.4, 0.5) is 0 Å². The van der Waals surface area contributed by atoms with Crippen molar-refractivity contribution in [3.8, 4) is 0 Å². The fourth-order valence-electron chi connectivity index (χ4n) is 3.06. The molecule has 0 amide bonds. The van der Waals surface area contributed by atoms with Crippen LogP contribution < -0.4 is 5.73 Å². The first-order chi connectivity index (χ1) is 9.70. The molecule has 112 valence electrons. The molecule has 1 aliphatic rings. The Balaban J connectivity index is 1.86. The van der Waals surface area contributed by atoms with Crippen molar-refractivity contribution in [1.82, 2.24) is 4.90 Å². The number of nitrogens with two attached hydrogens (primary N) is 1. The minimum Gasteiger partial charge on any atom is -0.395 e. The summed E-state index contributed by atoms with van der Waals surface area (Å²) in [6.45, 7) is 1.99. The molecule has 1 unspecified atom stereocenters. The quantitative estimate of drug-likeness (QED) is 0.801. The van der Waals surface area contributed by atoms with Crippen molar-refractivity contribution in [2.24, 2.45) is 5.73 Å². The summed E-state index contributed by atoms with van der Waals surface area (Å²) >= 11 is 3.45. The smallest absolute Gasteiger partial charge is 0.0558 e. The molecule has 4 heteroatoms. The third-order valence-electron chi connectivity index (χ3n) is 4.25. The number of benzene rings is 1. The molecule has 0 aromatic heterocycles. The van der Waals surface area contributed by atoms with Crippen LogP contribution in [-0.4, -0.2) is 35.7 Å².